The lowest BCUT2D eigenvalue weighted by Crippen LogP contribution is -2.52. The van der Waals surface area contributed by atoms with Crippen molar-refractivity contribution in [3.05, 3.63) is 77.8 Å². The number of benzene rings is 1. The van der Waals surface area contributed by atoms with Gasteiger partial charge >= 0.3 is 0 Å². The summed E-state index contributed by atoms with van der Waals surface area (Å²) in [6.07, 6.45) is 2.23. The third-order valence-electron chi connectivity index (χ3n) is 6.10. The Bertz CT molecular complexity index is 1230. The van der Waals surface area contributed by atoms with Crippen LogP contribution in [0.2, 0.25) is 0 Å². The second kappa shape index (κ2) is 10.6. The van der Waals surface area contributed by atoms with Crippen molar-refractivity contribution >= 4 is 11.7 Å². The van der Waals surface area contributed by atoms with E-state index >= 15 is 0 Å². The van der Waals surface area contributed by atoms with Gasteiger partial charge in [-0.05, 0) is 48.9 Å². The Balaban J connectivity index is 1.40. The molecule has 1 aliphatic heterocycles. The number of ether oxygens (including phenoxy) is 1. The van der Waals surface area contributed by atoms with Crippen LogP contribution in [0.5, 0.6) is 11.5 Å². The summed E-state index contributed by atoms with van der Waals surface area (Å²) in [6.45, 7) is 1.24. The molecule has 1 amide bonds. The predicted octanol–water partition coefficient (Wildman–Crippen LogP) is 4.49. The summed E-state index contributed by atoms with van der Waals surface area (Å²) in [5, 5.41) is 11.9. The van der Waals surface area contributed by atoms with Gasteiger partial charge in [0.1, 0.15) is 17.4 Å². The molecule has 0 spiro atoms. The molecule has 1 saturated heterocycles. The lowest BCUT2D eigenvalue weighted by Gasteiger charge is -2.40. The minimum absolute atomic E-state index is 0.0272. The van der Waals surface area contributed by atoms with Gasteiger partial charge in [-0.1, -0.05) is 0 Å². The van der Waals surface area contributed by atoms with Gasteiger partial charge in [-0.25, -0.2) is 22.5 Å². The standard InChI is InChI=1S/C25H24F4N4O3/c1-15(33-9-7-25(28,29)20(13-33)16-6-8-30-18(10-16)14-34)24(35)32-23-5-3-19(12-31-23)36-22-4-2-17(26)11-21(22)27/h2-6,8,10-12,15,20,34H,7,9,13-14H2,1H3,(H,31,32,35). The summed E-state index contributed by atoms with van der Waals surface area (Å²) in [4.78, 5) is 22.5. The lowest BCUT2D eigenvalue weighted by atomic mass is 9.86. The molecule has 0 radical (unpaired) electrons. The van der Waals surface area contributed by atoms with Crippen LogP contribution in [0.4, 0.5) is 23.4 Å². The topological polar surface area (TPSA) is 87.6 Å². The zero-order valence-corrected chi connectivity index (χ0v) is 19.3. The monoisotopic (exact) mass is 504 g/mol. The summed E-state index contributed by atoms with van der Waals surface area (Å²) in [5.74, 6) is -5.98. The zero-order valence-electron chi connectivity index (χ0n) is 19.3. The van der Waals surface area contributed by atoms with Gasteiger partial charge in [0.25, 0.3) is 5.92 Å². The molecule has 0 saturated carbocycles. The number of hydrogen-bond donors (Lipinski definition) is 2. The summed E-state index contributed by atoms with van der Waals surface area (Å²) >= 11 is 0. The molecule has 2 aromatic heterocycles. The summed E-state index contributed by atoms with van der Waals surface area (Å²) in [5.41, 5.74) is 0.651. The molecule has 4 rings (SSSR count). The second-order valence-electron chi connectivity index (χ2n) is 8.52. The molecule has 1 fully saturated rings. The third kappa shape index (κ3) is 5.80. The van der Waals surface area contributed by atoms with Gasteiger partial charge in [0, 0.05) is 31.8 Å². The number of aliphatic hydroxyl groups excluding tert-OH is 1. The highest BCUT2D eigenvalue weighted by Crippen LogP contribution is 2.41. The number of nitrogens with one attached hydrogen (secondary N) is 1. The van der Waals surface area contributed by atoms with Crippen molar-refractivity contribution in [1.82, 2.24) is 14.9 Å². The van der Waals surface area contributed by atoms with Crippen LogP contribution in [0.3, 0.4) is 0 Å². The SMILES string of the molecule is CC(C(=O)Nc1ccc(Oc2ccc(F)cc2F)cn1)N1CCC(F)(F)C(c2ccnc(CO)c2)C1. The van der Waals surface area contributed by atoms with Crippen molar-refractivity contribution in [1.29, 1.82) is 0 Å². The second-order valence-corrected chi connectivity index (χ2v) is 8.52. The van der Waals surface area contributed by atoms with E-state index in [0.717, 1.165) is 12.1 Å². The van der Waals surface area contributed by atoms with E-state index in [2.05, 4.69) is 15.3 Å². The highest BCUT2D eigenvalue weighted by atomic mass is 19.3. The Labute approximate surface area is 204 Å². The number of amides is 1. The quantitative estimate of drug-likeness (QED) is 0.461. The van der Waals surface area contributed by atoms with Crippen molar-refractivity contribution in [2.24, 2.45) is 0 Å². The fraction of sp³-hybridized carbons (Fsp3) is 0.320. The number of alkyl halides is 2. The average molecular weight is 504 g/mol. The maximum Gasteiger partial charge on any atom is 0.257 e. The number of piperidine rings is 1. The number of anilines is 1. The number of carbonyl (C=O) groups is 1. The van der Waals surface area contributed by atoms with E-state index < -0.39 is 41.8 Å². The smallest absolute Gasteiger partial charge is 0.257 e. The van der Waals surface area contributed by atoms with Gasteiger partial charge in [-0.2, -0.15) is 0 Å². The number of aromatic nitrogens is 2. The Kier molecular flexibility index (Phi) is 7.51. The van der Waals surface area contributed by atoms with E-state index in [-0.39, 0.29) is 37.0 Å². The molecule has 0 bridgehead atoms. The van der Waals surface area contributed by atoms with E-state index in [1.165, 1.54) is 36.7 Å². The minimum Gasteiger partial charge on any atom is -0.453 e. The van der Waals surface area contributed by atoms with Crippen LogP contribution in [-0.2, 0) is 11.4 Å². The Morgan fingerprint density at radius 1 is 1.22 bits per heavy atom. The van der Waals surface area contributed by atoms with Crippen LogP contribution >= 0.6 is 0 Å². The number of hydrogen-bond acceptors (Lipinski definition) is 6. The molecule has 1 aliphatic rings. The first-order valence-corrected chi connectivity index (χ1v) is 11.2. The first-order chi connectivity index (χ1) is 17.2. The third-order valence-corrected chi connectivity index (χ3v) is 6.10. The molecule has 1 aromatic carbocycles. The highest BCUT2D eigenvalue weighted by Gasteiger charge is 2.46. The predicted molar refractivity (Wildman–Crippen MR) is 123 cm³/mol. The van der Waals surface area contributed by atoms with Crippen molar-refractivity contribution in [3.63, 3.8) is 0 Å². The summed E-state index contributed by atoms with van der Waals surface area (Å²) < 4.78 is 61.6. The Morgan fingerprint density at radius 2 is 2.03 bits per heavy atom. The van der Waals surface area contributed by atoms with Gasteiger partial charge in [0.15, 0.2) is 11.6 Å². The molecule has 0 aliphatic carbocycles. The highest BCUT2D eigenvalue weighted by molar-refractivity contribution is 5.93. The van der Waals surface area contributed by atoms with Gasteiger partial charge in [-0.15, -0.1) is 0 Å². The lowest BCUT2D eigenvalue weighted by molar-refractivity contribution is -0.125. The first kappa shape index (κ1) is 25.5. The van der Waals surface area contributed by atoms with E-state index in [1.54, 1.807) is 11.8 Å². The fourth-order valence-electron chi connectivity index (χ4n) is 4.02. The number of halogens is 4. The van der Waals surface area contributed by atoms with E-state index in [9.17, 15) is 27.5 Å². The van der Waals surface area contributed by atoms with E-state index in [4.69, 9.17) is 4.74 Å². The number of aliphatic hydroxyl groups is 1. The molecule has 190 valence electrons. The van der Waals surface area contributed by atoms with Gasteiger partial charge in [0.05, 0.1) is 30.5 Å². The van der Waals surface area contributed by atoms with Crippen LogP contribution < -0.4 is 10.1 Å². The molecule has 3 heterocycles. The molecule has 2 atom stereocenters. The van der Waals surface area contributed by atoms with Crippen molar-refractivity contribution in [2.75, 3.05) is 18.4 Å². The number of carbonyl (C=O) groups excluding carboxylic acids is 1. The van der Waals surface area contributed by atoms with Crippen molar-refractivity contribution in [2.45, 2.75) is 37.8 Å². The number of nitrogens with zero attached hydrogens (tertiary/aromatic N) is 3. The maximum absolute atomic E-state index is 14.7. The summed E-state index contributed by atoms with van der Waals surface area (Å²) in [7, 11) is 0. The van der Waals surface area contributed by atoms with Gasteiger partial charge in [-0.3, -0.25) is 14.7 Å². The first-order valence-electron chi connectivity index (χ1n) is 11.2. The molecule has 2 unspecified atom stereocenters. The van der Waals surface area contributed by atoms with Crippen molar-refractivity contribution in [3.8, 4) is 11.5 Å². The normalized spacial score (nSPS) is 18.4. The summed E-state index contributed by atoms with van der Waals surface area (Å²) in [6, 6.07) is 8.03. The number of pyridine rings is 2. The molecular formula is C25H24F4N4O3. The molecular weight excluding hydrogens is 480 g/mol. The zero-order chi connectivity index (χ0) is 25.9. The van der Waals surface area contributed by atoms with Crippen molar-refractivity contribution < 1.29 is 32.2 Å². The average Bonchev–Trinajstić information content (AvgIpc) is 2.86. The van der Waals surface area contributed by atoms with Crippen LogP contribution in [0.25, 0.3) is 0 Å². The minimum atomic E-state index is -2.97. The van der Waals surface area contributed by atoms with Gasteiger partial charge in [0.2, 0.25) is 5.91 Å². The number of rotatable bonds is 7. The molecule has 7 nitrogen and oxygen atoms in total. The molecule has 3 aromatic rings. The fourth-order valence-corrected chi connectivity index (χ4v) is 4.02. The Hall–Kier alpha value is -3.57. The van der Waals surface area contributed by atoms with E-state index in [1.807, 2.05) is 0 Å². The van der Waals surface area contributed by atoms with Gasteiger partial charge < -0.3 is 15.2 Å². The van der Waals surface area contributed by atoms with Crippen LogP contribution in [0.15, 0.2) is 54.9 Å². The van der Waals surface area contributed by atoms with Crippen LogP contribution in [0, 0.1) is 11.6 Å². The maximum atomic E-state index is 14.7. The van der Waals surface area contributed by atoms with Crippen LogP contribution in [-0.4, -0.2) is 50.9 Å². The van der Waals surface area contributed by atoms with E-state index in [0.29, 0.717) is 17.3 Å². The number of likely N-dealkylation sites (tertiary alicyclic amines) is 1. The Morgan fingerprint density at radius 3 is 2.72 bits per heavy atom. The molecule has 2 N–H and O–H groups in total. The molecule has 11 heteroatoms. The van der Waals surface area contributed by atoms with Crippen LogP contribution in [0.1, 0.15) is 30.5 Å². The largest absolute Gasteiger partial charge is 0.453 e. The molecule has 36 heavy (non-hydrogen) atoms.